The number of amides is 1. The molecule has 16 heavy (non-hydrogen) atoms. The first-order valence-electron chi connectivity index (χ1n) is 4.34. The minimum absolute atomic E-state index is 0.147. The topological polar surface area (TPSA) is 140 Å². The summed E-state index contributed by atoms with van der Waals surface area (Å²) < 4.78 is 0. The molecule has 0 aromatic rings. The van der Waals surface area contributed by atoms with Crippen LogP contribution in [0.15, 0.2) is 0 Å². The predicted octanol–water partition coefficient (Wildman–Crippen LogP) is -1.80. The molecule has 0 aliphatic rings. The molecule has 88 valence electrons. The third-order valence-electron chi connectivity index (χ3n) is 1.66. The van der Waals surface area contributed by atoms with E-state index in [1.165, 1.54) is 0 Å². The van der Waals surface area contributed by atoms with E-state index in [2.05, 4.69) is 4.79 Å². The number of hydrogen-bond donors (Lipinski definition) is 3. The van der Waals surface area contributed by atoms with Gasteiger partial charge in [-0.25, -0.2) is 4.79 Å². The van der Waals surface area contributed by atoms with Gasteiger partial charge < -0.3 is 21.1 Å². The van der Waals surface area contributed by atoms with Crippen molar-refractivity contribution in [2.75, 3.05) is 6.61 Å². The summed E-state index contributed by atoms with van der Waals surface area (Å²) in [5.41, 5.74) is 8.02. The van der Waals surface area contributed by atoms with Gasteiger partial charge in [-0.2, -0.15) is 4.79 Å². The van der Waals surface area contributed by atoms with Crippen LogP contribution in [0.5, 0.6) is 0 Å². The molecule has 8 heteroatoms. The highest BCUT2D eigenvalue weighted by Gasteiger charge is 2.20. The van der Waals surface area contributed by atoms with Gasteiger partial charge in [0.05, 0.1) is 0 Å². The Labute approximate surface area is 90.5 Å². The summed E-state index contributed by atoms with van der Waals surface area (Å²) in [7, 11) is 0. The number of carbonyl (C=O) groups excluding carboxylic acids is 2. The van der Waals surface area contributed by atoms with E-state index in [1.807, 2.05) is 5.32 Å². The van der Waals surface area contributed by atoms with Crippen LogP contribution in [-0.2, 0) is 14.4 Å². The van der Waals surface area contributed by atoms with Crippen molar-refractivity contribution in [3.05, 3.63) is 5.53 Å². The second kappa shape index (κ2) is 7.27. The summed E-state index contributed by atoms with van der Waals surface area (Å²) in [5.74, 6) is -2.71. The van der Waals surface area contributed by atoms with E-state index in [0.29, 0.717) is 6.21 Å². The van der Waals surface area contributed by atoms with Crippen LogP contribution < -0.4 is 5.32 Å². The minimum atomic E-state index is -1.31. The van der Waals surface area contributed by atoms with Gasteiger partial charge in [0.25, 0.3) is 0 Å². The summed E-state index contributed by atoms with van der Waals surface area (Å²) in [5, 5.41) is 19.1. The molecule has 1 atom stereocenters. The molecule has 0 aromatic carbocycles. The molecule has 0 bridgehead atoms. The molecular formula is C8H11N3O5. The second-order valence-electron chi connectivity index (χ2n) is 2.87. The van der Waals surface area contributed by atoms with Gasteiger partial charge in [0.15, 0.2) is 0 Å². The largest absolute Gasteiger partial charge is 0.480 e. The van der Waals surface area contributed by atoms with Crippen LogP contribution in [0.25, 0.3) is 5.53 Å². The predicted molar refractivity (Wildman–Crippen MR) is 50.6 cm³/mol. The standard InChI is InChI=1S/C8H11N3O5/c9-10-3-5(13)1-2-6(8(15)16)11-7(14)4-12/h3,6,12H,1-2,4H2,(H,11,14)(H,15,16)/t6-/m0/s1. The second-order valence-corrected chi connectivity index (χ2v) is 2.87. The van der Waals surface area contributed by atoms with Crippen LogP contribution in [0.4, 0.5) is 0 Å². The quantitative estimate of drug-likeness (QED) is 0.268. The maximum Gasteiger partial charge on any atom is 0.326 e. The smallest absolute Gasteiger partial charge is 0.326 e. The van der Waals surface area contributed by atoms with Crippen molar-refractivity contribution in [1.29, 1.82) is 0 Å². The molecule has 0 fully saturated rings. The van der Waals surface area contributed by atoms with Crippen LogP contribution in [0.1, 0.15) is 12.8 Å². The number of Topliss-reactive ketones (excluding diaryl/α,β-unsaturated/α-hetero) is 1. The highest BCUT2D eigenvalue weighted by Crippen LogP contribution is 1.98. The maximum absolute atomic E-state index is 10.9. The Bertz CT molecular complexity index is 335. The highest BCUT2D eigenvalue weighted by atomic mass is 16.4. The van der Waals surface area contributed by atoms with Crippen molar-refractivity contribution in [2.24, 2.45) is 0 Å². The number of aliphatic hydroxyl groups is 1. The molecule has 3 N–H and O–H groups in total. The van der Waals surface area contributed by atoms with Gasteiger partial charge in [-0.15, -0.1) is 0 Å². The summed E-state index contributed by atoms with van der Waals surface area (Å²) in [6.45, 7) is -0.824. The molecule has 1 amide bonds. The number of carboxylic acids is 1. The number of rotatable bonds is 7. The monoisotopic (exact) mass is 229 g/mol. The molecule has 0 unspecified atom stereocenters. The Hall–Kier alpha value is -2.05. The number of carboxylic acid groups (broad SMARTS) is 1. The van der Waals surface area contributed by atoms with E-state index >= 15 is 0 Å². The average molecular weight is 229 g/mol. The summed E-state index contributed by atoms with van der Waals surface area (Å²) in [6, 6.07) is -1.25. The Morgan fingerprint density at radius 3 is 2.50 bits per heavy atom. The Morgan fingerprint density at radius 1 is 1.44 bits per heavy atom. The van der Waals surface area contributed by atoms with Gasteiger partial charge in [0.2, 0.25) is 11.7 Å². The summed E-state index contributed by atoms with van der Waals surface area (Å²) in [6.07, 6.45) is 0.311. The highest BCUT2D eigenvalue weighted by molar-refractivity contribution is 6.25. The van der Waals surface area contributed by atoms with Gasteiger partial charge in [-0.3, -0.25) is 9.59 Å². The molecule has 0 heterocycles. The van der Waals surface area contributed by atoms with Gasteiger partial charge >= 0.3 is 12.2 Å². The lowest BCUT2D eigenvalue weighted by Gasteiger charge is -2.11. The number of hydrogen-bond acceptors (Lipinski definition) is 4. The molecule has 0 rings (SSSR count). The van der Waals surface area contributed by atoms with E-state index < -0.39 is 30.3 Å². The van der Waals surface area contributed by atoms with E-state index in [-0.39, 0.29) is 12.8 Å². The van der Waals surface area contributed by atoms with Crippen molar-refractivity contribution in [2.45, 2.75) is 18.9 Å². The van der Waals surface area contributed by atoms with Crippen LogP contribution in [0.3, 0.4) is 0 Å². The van der Waals surface area contributed by atoms with Crippen LogP contribution in [-0.4, -0.2) is 51.5 Å². The van der Waals surface area contributed by atoms with Crippen LogP contribution in [0.2, 0.25) is 0 Å². The Kier molecular flexibility index (Phi) is 6.34. The normalized spacial score (nSPS) is 11.1. The molecule has 0 aliphatic heterocycles. The van der Waals surface area contributed by atoms with Crippen molar-refractivity contribution >= 4 is 23.9 Å². The SMILES string of the molecule is [N-]=[N+]=CC(=O)CC[C@H](NC(=O)CO)C(=O)O. The lowest BCUT2D eigenvalue weighted by molar-refractivity contribution is -0.142. The molecule has 0 radical (unpaired) electrons. The van der Waals surface area contributed by atoms with Crippen LogP contribution >= 0.6 is 0 Å². The van der Waals surface area contributed by atoms with E-state index in [0.717, 1.165) is 0 Å². The van der Waals surface area contributed by atoms with Gasteiger partial charge in [-0.1, -0.05) is 0 Å². The van der Waals surface area contributed by atoms with Gasteiger partial charge in [0, 0.05) is 6.42 Å². The van der Waals surface area contributed by atoms with Crippen molar-refractivity contribution in [1.82, 2.24) is 5.32 Å². The number of carbonyl (C=O) groups is 3. The van der Waals surface area contributed by atoms with Crippen molar-refractivity contribution < 1.29 is 29.4 Å². The zero-order valence-corrected chi connectivity index (χ0v) is 8.29. The number of aliphatic carboxylic acids is 1. The zero-order chi connectivity index (χ0) is 12.6. The van der Waals surface area contributed by atoms with Gasteiger partial charge in [-0.05, 0) is 6.42 Å². The number of aliphatic hydroxyl groups excluding tert-OH is 1. The molecule has 0 saturated heterocycles. The van der Waals surface area contributed by atoms with Crippen LogP contribution in [0, 0.1) is 0 Å². The number of nitrogens with one attached hydrogen (secondary N) is 1. The molecule has 0 aliphatic carbocycles. The van der Waals surface area contributed by atoms with Crippen molar-refractivity contribution in [3.8, 4) is 0 Å². The summed E-state index contributed by atoms with van der Waals surface area (Å²) in [4.78, 5) is 34.7. The summed E-state index contributed by atoms with van der Waals surface area (Å²) >= 11 is 0. The number of nitrogens with zero attached hydrogens (tertiary/aromatic N) is 2. The van der Waals surface area contributed by atoms with Crippen molar-refractivity contribution in [3.63, 3.8) is 0 Å². The fourth-order valence-corrected chi connectivity index (χ4v) is 0.913. The molecule has 0 saturated carbocycles. The van der Waals surface area contributed by atoms with Gasteiger partial charge in [0.1, 0.15) is 12.6 Å². The molecule has 8 nitrogen and oxygen atoms in total. The first-order chi connectivity index (χ1) is 7.51. The minimum Gasteiger partial charge on any atom is -0.480 e. The fourth-order valence-electron chi connectivity index (χ4n) is 0.913. The Balaban J connectivity index is 4.24. The molecule has 0 spiro atoms. The average Bonchev–Trinajstić information content (AvgIpc) is 2.23. The first-order valence-corrected chi connectivity index (χ1v) is 4.34. The zero-order valence-electron chi connectivity index (χ0n) is 8.29. The first kappa shape index (κ1) is 13.9. The maximum atomic E-state index is 10.9. The molecular weight excluding hydrogens is 218 g/mol. The van der Waals surface area contributed by atoms with E-state index in [1.54, 1.807) is 0 Å². The Morgan fingerprint density at radius 2 is 2.06 bits per heavy atom. The third kappa shape index (κ3) is 5.63. The third-order valence-corrected chi connectivity index (χ3v) is 1.66. The van der Waals surface area contributed by atoms with E-state index in [9.17, 15) is 14.4 Å². The van der Waals surface area contributed by atoms with E-state index in [4.69, 9.17) is 15.7 Å². The lowest BCUT2D eigenvalue weighted by Crippen LogP contribution is -2.42. The fraction of sp³-hybridized carbons (Fsp3) is 0.500. The lowest BCUT2D eigenvalue weighted by atomic mass is 10.1. The number of ketones is 1. The molecule has 0 aromatic heterocycles.